The van der Waals surface area contributed by atoms with Crippen molar-refractivity contribution in [1.82, 2.24) is 9.97 Å². The molecule has 0 bridgehead atoms. The van der Waals surface area contributed by atoms with Crippen molar-refractivity contribution in [3.63, 3.8) is 0 Å². The molecule has 0 aromatic carbocycles. The third kappa shape index (κ3) is 2.59. The molecule has 0 fully saturated rings. The van der Waals surface area contributed by atoms with Crippen molar-refractivity contribution in [2.45, 2.75) is 26.4 Å². The lowest BCUT2D eigenvalue weighted by atomic mass is 10.0. The SMILES string of the molecule is CCOC(=O)CN1CCC(O)c2cnc(C)nc21. The Kier molecular flexibility index (Phi) is 3.76. The van der Waals surface area contributed by atoms with Gasteiger partial charge in [0.05, 0.1) is 12.7 Å². The summed E-state index contributed by atoms with van der Waals surface area (Å²) in [5.74, 6) is 0.974. The summed E-state index contributed by atoms with van der Waals surface area (Å²) in [6, 6.07) is 0. The summed E-state index contributed by atoms with van der Waals surface area (Å²) in [5.41, 5.74) is 0.677. The molecule has 6 nitrogen and oxygen atoms in total. The van der Waals surface area contributed by atoms with Crippen LogP contribution in [0.5, 0.6) is 0 Å². The van der Waals surface area contributed by atoms with E-state index in [-0.39, 0.29) is 12.5 Å². The molecule has 1 aliphatic heterocycles. The first-order chi connectivity index (χ1) is 8.61. The van der Waals surface area contributed by atoms with Gasteiger partial charge in [0.15, 0.2) is 0 Å². The van der Waals surface area contributed by atoms with E-state index in [9.17, 15) is 9.90 Å². The van der Waals surface area contributed by atoms with Crippen molar-refractivity contribution in [1.29, 1.82) is 0 Å². The number of aliphatic hydroxyl groups excluding tert-OH is 1. The molecule has 1 N–H and O–H groups in total. The monoisotopic (exact) mass is 251 g/mol. The minimum Gasteiger partial charge on any atom is -0.465 e. The second-order valence-corrected chi connectivity index (χ2v) is 4.23. The third-order valence-electron chi connectivity index (χ3n) is 2.87. The van der Waals surface area contributed by atoms with E-state index in [1.54, 1.807) is 20.0 Å². The average Bonchev–Trinajstić information content (AvgIpc) is 2.33. The van der Waals surface area contributed by atoms with Gasteiger partial charge in [-0.25, -0.2) is 9.97 Å². The lowest BCUT2D eigenvalue weighted by Crippen LogP contribution is -2.37. The molecule has 98 valence electrons. The van der Waals surface area contributed by atoms with Gasteiger partial charge in [0.1, 0.15) is 18.2 Å². The van der Waals surface area contributed by atoms with E-state index >= 15 is 0 Å². The fourth-order valence-electron chi connectivity index (χ4n) is 2.01. The Morgan fingerprint density at radius 1 is 1.67 bits per heavy atom. The number of hydrogen-bond acceptors (Lipinski definition) is 6. The van der Waals surface area contributed by atoms with Crippen LogP contribution in [0.2, 0.25) is 0 Å². The van der Waals surface area contributed by atoms with Crippen LogP contribution < -0.4 is 4.90 Å². The van der Waals surface area contributed by atoms with Crippen LogP contribution in [-0.4, -0.2) is 40.7 Å². The number of carbonyl (C=O) groups excluding carboxylic acids is 1. The molecule has 0 aliphatic carbocycles. The van der Waals surface area contributed by atoms with Crippen molar-refractivity contribution in [2.24, 2.45) is 0 Å². The number of anilines is 1. The van der Waals surface area contributed by atoms with Crippen LogP contribution in [0.1, 0.15) is 30.8 Å². The fraction of sp³-hybridized carbons (Fsp3) is 0.583. The van der Waals surface area contributed by atoms with Gasteiger partial charge in [-0.3, -0.25) is 4.79 Å². The van der Waals surface area contributed by atoms with Gasteiger partial charge in [-0.05, 0) is 20.3 Å². The Labute approximate surface area is 106 Å². The van der Waals surface area contributed by atoms with Gasteiger partial charge in [0, 0.05) is 18.3 Å². The first-order valence-electron chi connectivity index (χ1n) is 6.04. The summed E-state index contributed by atoms with van der Waals surface area (Å²) >= 11 is 0. The highest BCUT2D eigenvalue weighted by Gasteiger charge is 2.27. The number of aryl methyl sites for hydroxylation is 1. The molecule has 1 atom stereocenters. The first-order valence-corrected chi connectivity index (χ1v) is 6.04. The number of fused-ring (bicyclic) bond motifs is 1. The number of esters is 1. The first kappa shape index (κ1) is 12.8. The number of nitrogens with zero attached hydrogens (tertiary/aromatic N) is 3. The molecule has 0 amide bonds. The summed E-state index contributed by atoms with van der Waals surface area (Å²) in [5, 5.41) is 9.88. The average molecular weight is 251 g/mol. The van der Waals surface area contributed by atoms with Crippen LogP contribution in [0.3, 0.4) is 0 Å². The summed E-state index contributed by atoms with van der Waals surface area (Å²) in [7, 11) is 0. The third-order valence-corrected chi connectivity index (χ3v) is 2.87. The molecule has 18 heavy (non-hydrogen) atoms. The minimum absolute atomic E-state index is 0.157. The molecule has 1 aromatic rings. The maximum Gasteiger partial charge on any atom is 0.325 e. The van der Waals surface area contributed by atoms with Gasteiger partial charge in [-0.15, -0.1) is 0 Å². The van der Waals surface area contributed by atoms with Gasteiger partial charge < -0.3 is 14.7 Å². The van der Waals surface area contributed by atoms with Crippen LogP contribution in [0.4, 0.5) is 5.82 Å². The van der Waals surface area contributed by atoms with Crippen LogP contribution in [-0.2, 0) is 9.53 Å². The van der Waals surface area contributed by atoms with Crippen LogP contribution in [0.15, 0.2) is 6.20 Å². The second kappa shape index (κ2) is 5.30. The lowest BCUT2D eigenvalue weighted by Gasteiger charge is -2.31. The largest absolute Gasteiger partial charge is 0.465 e. The Morgan fingerprint density at radius 3 is 3.17 bits per heavy atom. The fourth-order valence-corrected chi connectivity index (χ4v) is 2.01. The molecule has 1 aromatic heterocycles. The summed E-state index contributed by atoms with van der Waals surface area (Å²) in [6.07, 6.45) is 1.64. The molecule has 2 rings (SSSR count). The Morgan fingerprint density at radius 2 is 2.44 bits per heavy atom. The number of aromatic nitrogens is 2. The Bertz CT molecular complexity index is 450. The number of carbonyl (C=O) groups is 1. The van der Waals surface area contributed by atoms with Crippen molar-refractivity contribution in [2.75, 3.05) is 24.6 Å². The number of ether oxygens (including phenoxy) is 1. The highest BCUT2D eigenvalue weighted by molar-refractivity contribution is 5.76. The zero-order valence-corrected chi connectivity index (χ0v) is 10.6. The van der Waals surface area contributed by atoms with Crippen LogP contribution in [0, 0.1) is 6.92 Å². The van der Waals surface area contributed by atoms with Gasteiger partial charge >= 0.3 is 5.97 Å². The Balaban J connectivity index is 2.22. The topological polar surface area (TPSA) is 75.5 Å². The van der Waals surface area contributed by atoms with Crippen molar-refractivity contribution in [3.8, 4) is 0 Å². The quantitative estimate of drug-likeness (QED) is 0.792. The minimum atomic E-state index is -0.556. The van der Waals surface area contributed by atoms with Crippen molar-refractivity contribution >= 4 is 11.8 Å². The van der Waals surface area contributed by atoms with Gasteiger partial charge in [-0.2, -0.15) is 0 Å². The van der Waals surface area contributed by atoms with Crippen LogP contribution in [0.25, 0.3) is 0 Å². The highest BCUT2D eigenvalue weighted by atomic mass is 16.5. The molecule has 6 heteroatoms. The van der Waals surface area contributed by atoms with Crippen LogP contribution >= 0.6 is 0 Å². The molecule has 0 saturated carbocycles. The molecular weight excluding hydrogens is 234 g/mol. The summed E-state index contributed by atoms with van der Waals surface area (Å²) < 4.78 is 4.93. The smallest absolute Gasteiger partial charge is 0.325 e. The molecule has 0 spiro atoms. The molecule has 0 saturated heterocycles. The normalized spacial score (nSPS) is 18.4. The lowest BCUT2D eigenvalue weighted by molar-refractivity contribution is -0.141. The number of hydrogen-bond donors (Lipinski definition) is 1. The molecular formula is C12H17N3O3. The van der Waals surface area contributed by atoms with Crippen molar-refractivity contribution in [3.05, 3.63) is 17.6 Å². The maximum atomic E-state index is 11.5. The van der Waals surface area contributed by atoms with E-state index in [4.69, 9.17) is 4.74 Å². The predicted molar refractivity (Wildman–Crippen MR) is 65.2 cm³/mol. The molecule has 1 unspecified atom stereocenters. The van der Waals surface area contributed by atoms with Gasteiger partial charge in [-0.1, -0.05) is 0 Å². The van der Waals surface area contributed by atoms with Gasteiger partial charge in [0.25, 0.3) is 0 Å². The zero-order chi connectivity index (χ0) is 13.1. The Hall–Kier alpha value is -1.69. The summed E-state index contributed by atoms with van der Waals surface area (Å²) in [6.45, 7) is 4.67. The summed E-state index contributed by atoms with van der Waals surface area (Å²) in [4.78, 5) is 21.7. The van der Waals surface area contributed by atoms with Gasteiger partial charge in [0.2, 0.25) is 0 Å². The number of rotatable bonds is 3. The van der Waals surface area contributed by atoms with E-state index in [1.807, 2.05) is 4.90 Å². The van der Waals surface area contributed by atoms with E-state index in [2.05, 4.69) is 9.97 Å². The molecule has 1 aliphatic rings. The number of aliphatic hydroxyl groups is 1. The molecule has 2 heterocycles. The predicted octanol–water partition coefficient (Wildman–Crippen LogP) is 0.592. The zero-order valence-electron chi connectivity index (χ0n) is 10.6. The van der Waals surface area contributed by atoms with E-state index in [1.165, 1.54) is 0 Å². The second-order valence-electron chi connectivity index (χ2n) is 4.23. The maximum absolute atomic E-state index is 11.5. The van der Waals surface area contributed by atoms with E-state index in [0.29, 0.717) is 36.8 Å². The standard InChI is InChI=1S/C12H17N3O3/c1-3-18-11(17)7-15-5-4-10(16)9-6-13-8(2)14-12(9)15/h6,10,16H,3-5,7H2,1-2H3. The van der Waals surface area contributed by atoms with E-state index < -0.39 is 6.10 Å². The highest BCUT2D eigenvalue weighted by Crippen LogP contribution is 2.31. The van der Waals surface area contributed by atoms with E-state index in [0.717, 1.165) is 0 Å². The molecule has 0 radical (unpaired) electrons. The van der Waals surface area contributed by atoms with Crippen molar-refractivity contribution < 1.29 is 14.6 Å².